The molecule has 2 heteroatoms. The van der Waals surface area contributed by atoms with E-state index in [4.69, 9.17) is 0 Å². The van der Waals surface area contributed by atoms with Gasteiger partial charge in [-0.1, -0.05) is 60.0 Å². The largest absolute Gasteiger partial charge is 0.393 e. The Morgan fingerprint density at radius 2 is 1.77 bits per heavy atom. The summed E-state index contributed by atoms with van der Waals surface area (Å²) in [5.74, 6) is 4.90. The zero-order chi connectivity index (χ0) is 22.6. The van der Waals surface area contributed by atoms with Gasteiger partial charge in [-0.15, -0.1) is 0 Å². The van der Waals surface area contributed by atoms with Crippen LogP contribution in [0.3, 0.4) is 0 Å². The van der Waals surface area contributed by atoms with E-state index in [1.165, 1.54) is 50.5 Å². The predicted octanol–water partition coefficient (Wildman–Crippen LogP) is 7.20. The molecule has 0 bridgehead atoms. The lowest BCUT2D eigenvalue weighted by atomic mass is 9.46. The summed E-state index contributed by atoms with van der Waals surface area (Å²) in [6, 6.07) is 0. The van der Waals surface area contributed by atoms with Crippen molar-refractivity contribution in [3.8, 4) is 0 Å². The lowest BCUT2D eigenvalue weighted by Crippen LogP contribution is -2.53. The number of aliphatic hydroxyl groups excluding tert-OH is 1. The molecule has 31 heavy (non-hydrogen) atoms. The van der Waals surface area contributed by atoms with Gasteiger partial charge in [-0.3, -0.25) is 4.79 Å². The number of aliphatic hydroxyl groups is 1. The summed E-state index contributed by atoms with van der Waals surface area (Å²) in [5.41, 5.74) is 1.75. The molecule has 0 heterocycles. The van der Waals surface area contributed by atoms with E-state index >= 15 is 0 Å². The van der Waals surface area contributed by atoms with Crippen LogP contribution in [0.5, 0.6) is 0 Å². The minimum absolute atomic E-state index is 0.147. The van der Waals surface area contributed by atoms with Crippen molar-refractivity contribution >= 4 is 5.78 Å². The fraction of sp³-hybridized carbons (Fsp3) is 0.897. The van der Waals surface area contributed by atoms with E-state index in [2.05, 4.69) is 41.5 Å². The van der Waals surface area contributed by atoms with E-state index in [9.17, 15) is 9.90 Å². The van der Waals surface area contributed by atoms with Crippen molar-refractivity contribution in [2.24, 2.45) is 52.3 Å². The van der Waals surface area contributed by atoms with Crippen LogP contribution in [0.1, 0.15) is 106 Å². The van der Waals surface area contributed by atoms with Crippen molar-refractivity contribution in [1.29, 1.82) is 0 Å². The lowest BCUT2D eigenvalue weighted by Gasteiger charge is -2.57. The van der Waals surface area contributed by atoms with Gasteiger partial charge in [-0.2, -0.15) is 0 Å². The van der Waals surface area contributed by atoms with Gasteiger partial charge >= 0.3 is 0 Å². The molecule has 3 saturated carbocycles. The van der Waals surface area contributed by atoms with Crippen LogP contribution in [0.15, 0.2) is 11.6 Å². The first-order valence-electron chi connectivity index (χ1n) is 13.5. The van der Waals surface area contributed by atoms with Gasteiger partial charge in [0.2, 0.25) is 0 Å². The molecule has 3 unspecified atom stereocenters. The quantitative estimate of drug-likeness (QED) is 0.485. The summed E-state index contributed by atoms with van der Waals surface area (Å²) >= 11 is 0. The smallest absolute Gasteiger partial charge is 0.159 e. The van der Waals surface area contributed by atoms with E-state index in [1.807, 2.05) is 6.08 Å². The van der Waals surface area contributed by atoms with E-state index in [-0.39, 0.29) is 17.4 Å². The third-order valence-electron chi connectivity index (χ3n) is 11.1. The molecular weight excluding hydrogens is 380 g/mol. The molecule has 1 N–H and O–H groups in total. The fourth-order valence-electron chi connectivity index (χ4n) is 9.04. The summed E-state index contributed by atoms with van der Waals surface area (Å²) in [6.07, 6.45) is 13.5. The van der Waals surface area contributed by atoms with Crippen molar-refractivity contribution in [2.45, 2.75) is 112 Å². The molecule has 9 atom stereocenters. The molecule has 0 spiro atoms. The second kappa shape index (κ2) is 8.62. The number of ketones is 1. The predicted molar refractivity (Wildman–Crippen MR) is 129 cm³/mol. The Morgan fingerprint density at radius 1 is 1.03 bits per heavy atom. The highest BCUT2D eigenvalue weighted by atomic mass is 16.3. The Bertz CT molecular complexity index is 708. The van der Waals surface area contributed by atoms with Gasteiger partial charge in [0.1, 0.15) is 0 Å². The zero-order valence-corrected chi connectivity index (χ0v) is 21.1. The van der Waals surface area contributed by atoms with Gasteiger partial charge in [-0.05, 0) is 104 Å². The van der Waals surface area contributed by atoms with Crippen molar-refractivity contribution in [2.75, 3.05) is 0 Å². The van der Waals surface area contributed by atoms with Crippen LogP contribution in [-0.2, 0) is 4.79 Å². The standard InChI is InChI=1S/C29H48O2/c1-7-20(18(2)3)9-8-19(4)23-10-11-24-27-25(13-15-29(23,24)6)28(5)14-12-22(30)16-21(28)17-26(27)31/h17-20,22-25,27,30H,7-16H2,1-6H3/t19?,20?,22?,23-,24+,25+,27+,28+,29-/m1/s1. The minimum Gasteiger partial charge on any atom is -0.393 e. The first-order chi connectivity index (χ1) is 14.6. The zero-order valence-electron chi connectivity index (χ0n) is 21.1. The molecule has 4 rings (SSSR count). The first-order valence-corrected chi connectivity index (χ1v) is 13.5. The van der Waals surface area contributed by atoms with Crippen molar-refractivity contribution in [1.82, 2.24) is 0 Å². The van der Waals surface area contributed by atoms with Crippen LogP contribution in [0.25, 0.3) is 0 Å². The highest BCUT2D eigenvalue weighted by Crippen LogP contribution is 2.66. The van der Waals surface area contributed by atoms with Crippen LogP contribution in [0, 0.1) is 52.3 Å². The molecule has 0 aromatic heterocycles. The van der Waals surface area contributed by atoms with Crippen molar-refractivity contribution in [3.63, 3.8) is 0 Å². The molecule has 4 aliphatic rings. The molecule has 176 valence electrons. The Labute approximate surface area is 191 Å². The van der Waals surface area contributed by atoms with E-state index in [0.29, 0.717) is 23.0 Å². The van der Waals surface area contributed by atoms with Gasteiger partial charge in [0.15, 0.2) is 5.78 Å². The fourth-order valence-corrected chi connectivity index (χ4v) is 9.04. The number of carbonyl (C=O) groups excluding carboxylic acids is 1. The van der Waals surface area contributed by atoms with E-state index in [1.54, 1.807) is 0 Å². The third-order valence-corrected chi connectivity index (χ3v) is 11.1. The van der Waals surface area contributed by atoms with Gasteiger partial charge < -0.3 is 5.11 Å². The SMILES string of the molecule is CCC(CCC(C)[C@H]1CC[C@H]2[C@@H]3C(=O)C=C4CC(O)CC[C@]4(C)[C@H]3CC[C@]12C)C(C)C. The third kappa shape index (κ3) is 3.87. The average molecular weight is 429 g/mol. The highest BCUT2D eigenvalue weighted by molar-refractivity contribution is 5.94. The molecule has 0 aliphatic heterocycles. The molecule has 0 saturated heterocycles. The summed E-state index contributed by atoms with van der Waals surface area (Å²) in [7, 11) is 0. The number of fused-ring (bicyclic) bond motifs is 5. The monoisotopic (exact) mass is 428 g/mol. The summed E-state index contributed by atoms with van der Waals surface area (Å²) in [6.45, 7) is 14.6. The number of allylic oxidation sites excluding steroid dienone is 1. The maximum Gasteiger partial charge on any atom is 0.159 e. The topological polar surface area (TPSA) is 37.3 Å². The first kappa shape index (κ1) is 23.5. The number of hydrogen-bond donors (Lipinski definition) is 1. The van der Waals surface area contributed by atoms with Gasteiger partial charge in [0.25, 0.3) is 0 Å². The molecule has 3 fully saturated rings. The highest BCUT2D eigenvalue weighted by Gasteiger charge is 2.61. The van der Waals surface area contributed by atoms with Crippen molar-refractivity contribution < 1.29 is 9.90 Å². The van der Waals surface area contributed by atoms with Gasteiger partial charge in [-0.25, -0.2) is 0 Å². The van der Waals surface area contributed by atoms with Crippen LogP contribution in [0.2, 0.25) is 0 Å². The Balaban J connectivity index is 1.52. The Hall–Kier alpha value is -0.630. The maximum absolute atomic E-state index is 13.5. The number of rotatable bonds is 6. The van der Waals surface area contributed by atoms with Crippen molar-refractivity contribution in [3.05, 3.63) is 11.6 Å². The number of carbonyl (C=O) groups is 1. The summed E-state index contributed by atoms with van der Waals surface area (Å²) in [4.78, 5) is 13.5. The lowest BCUT2D eigenvalue weighted by molar-refractivity contribution is -0.135. The van der Waals surface area contributed by atoms with E-state index in [0.717, 1.165) is 42.9 Å². The van der Waals surface area contributed by atoms with Gasteiger partial charge in [0, 0.05) is 5.92 Å². The molecular formula is C29H48O2. The molecule has 2 nitrogen and oxygen atoms in total. The van der Waals surface area contributed by atoms with Crippen LogP contribution in [0.4, 0.5) is 0 Å². The molecule has 0 radical (unpaired) electrons. The number of hydrogen-bond acceptors (Lipinski definition) is 2. The summed E-state index contributed by atoms with van der Waals surface area (Å²) in [5, 5.41) is 10.2. The molecule has 0 amide bonds. The van der Waals surface area contributed by atoms with Gasteiger partial charge in [0.05, 0.1) is 6.10 Å². The molecule has 4 aliphatic carbocycles. The van der Waals surface area contributed by atoms with Crippen LogP contribution < -0.4 is 0 Å². The minimum atomic E-state index is -0.243. The molecule has 0 aromatic rings. The second-order valence-corrected chi connectivity index (χ2v) is 12.8. The van der Waals surface area contributed by atoms with Crippen LogP contribution >= 0.6 is 0 Å². The maximum atomic E-state index is 13.5. The Kier molecular flexibility index (Phi) is 6.54. The average Bonchev–Trinajstić information content (AvgIpc) is 3.06. The summed E-state index contributed by atoms with van der Waals surface area (Å²) < 4.78 is 0. The second-order valence-electron chi connectivity index (χ2n) is 12.8. The normalized spacial score (nSPS) is 44.3. The molecule has 0 aromatic carbocycles. The Morgan fingerprint density at radius 3 is 2.45 bits per heavy atom. The van der Waals surface area contributed by atoms with E-state index < -0.39 is 0 Å². The van der Waals surface area contributed by atoms with Crippen LogP contribution in [-0.4, -0.2) is 17.0 Å².